The molecule has 0 spiro atoms. The fourth-order valence-electron chi connectivity index (χ4n) is 2.58. The molecule has 0 radical (unpaired) electrons. The molecule has 1 N–H and O–H groups in total. The van der Waals surface area contributed by atoms with Crippen LogP contribution in [0.1, 0.15) is 0 Å². The highest BCUT2D eigenvalue weighted by Crippen LogP contribution is 2.26. The molecule has 0 aliphatic rings. The number of amides is 1. The first-order chi connectivity index (χ1) is 13.0. The maximum absolute atomic E-state index is 12.3. The number of aromatic nitrogens is 4. The molecule has 0 fully saturated rings. The normalized spacial score (nSPS) is 11.0. The lowest BCUT2D eigenvalue weighted by Gasteiger charge is -2.08. The largest absolute Gasteiger partial charge is 0.484 e. The fraction of sp³-hybridized carbons (Fsp3) is 0.118. The molecule has 0 atom stereocenters. The number of hydrogen-bond acceptors (Lipinski definition) is 7. The first-order valence-corrected chi connectivity index (χ1v) is 8.60. The molecular weight excluding hydrogens is 418 g/mol. The molecule has 0 saturated heterocycles. The molecule has 4 aromatic rings. The minimum absolute atomic E-state index is 0.244. The van der Waals surface area contributed by atoms with E-state index >= 15 is 0 Å². The SMILES string of the molecule is Cn1nc(Br)c2c(NC(=O)COc3ccc4ccc(=O)oc4c3)ncnc21. The highest BCUT2D eigenvalue weighted by molar-refractivity contribution is 9.10. The number of fused-ring (bicyclic) bond motifs is 2. The zero-order valence-electron chi connectivity index (χ0n) is 14.0. The van der Waals surface area contributed by atoms with Crippen LogP contribution in [-0.4, -0.2) is 32.3 Å². The Bertz CT molecular complexity index is 1230. The monoisotopic (exact) mass is 429 g/mol. The van der Waals surface area contributed by atoms with Gasteiger partial charge in [-0.3, -0.25) is 4.79 Å². The molecule has 1 amide bonds. The van der Waals surface area contributed by atoms with E-state index in [0.29, 0.717) is 32.8 Å². The van der Waals surface area contributed by atoms with E-state index in [0.717, 1.165) is 5.39 Å². The molecule has 27 heavy (non-hydrogen) atoms. The van der Waals surface area contributed by atoms with Gasteiger partial charge in [-0.05, 0) is 34.1 Å². The summed E-state index contributed by atoms with van der Waals surface area (Å²) in [7, 11) is 1.74. The molecule has 0 unspecified atom stereocenters. The van der Waals surface area contributed by atoms with Crippen LogP contribution in [0.15, 0.2) is 50.5 Å². The Kier molecular flexibility index (Phi) is 4.32. The van der Waals surface area contributed by atoms with Gasteiger partial charge in [0.1, 0.15) is 28.1 Å². The van der Waals surface area contributed by atoms with Crippen molar-refractivity contribution in [2.75, 3.05) is 11.9 Å². The Labute approximate surface area is 160 Å². The number of hydrogen-bond donors (Lipinski definition) is 1. The van der Waals surface area contributed by atoms with E-state index in [4.69, 9.17) is 9.15 Å². The molecule has 4 rings (SSSR count). The topological polar surface area (TPSA) is 112 Å². The van der Waals surface area contributed by atoms with Crippen molar-refractivity contribution in [3.63, 3.8) is 0 Å². The Balaban J connectivity index is 1.50. The number of benzene rings is 1. The van der Waals surface area contributed by atoms with Crippen molar-refractivity contribution in [3.05, 3.63) is 51.7 Å². The van der Waals surface area contributed by atoms with Crippen LogP contribution >= 0.6 is 15.9 Å². The third kappa shape index (κ3) is 3.38. The van der Waals surface area contributed by atoms with Crippen LogP contribution in [0.4, 0.5) is 5.82 Å². The first-order valence-electron chi connectivity index (χ1n) is 7.81. The molecule has 0 aliphatic carbocycles. The van der Waals surface area contributed by atoms with Crippen molar-refractivity contribution in [1.29, 1.82) is 0 Å². The quantitative estimate of drug-likeness (QED) is 0.495. The number of nitrogens with one attached hydrogen (secondary N) is 1. The predicted molar refractivity (Wildman–Crippen MR) is 101 cm³/mol. The predicted octanol–water partition coefficient (Wildman–Crippen LogP) is 2.25. The molecule has 0 aliphatic heterocycles. The number of carbonyl (C=O) groups is 1. The Morgan fingerprint density at radius 1 is 1.30 bits per heavy atom. The summed E-state index contributed by atoms with van der Waals surface area (Å²) in [6.07, 6.45) is 1.35. The molecule has 0 bridgehead atoms. The second-order valence-electron chi connectivity index (χ2n) is 5.63. The first kappa shape index (κ1) is 17.2. The van der Waals surface area contributed by atoms with Gasteiger partial charge in [0.25, 0.3) is 5.91 Å². The van der Waals surface area contributed by atoms with Crippen molar-refractivity contribution in [3.8, 4) is 5.75 Å². The van der Waals surface area contributed by atoms with Gasteiger partial charge in [0, 0.05) is 24.6 Å². The minimum Gasteiger partial charge on any atom is -0.484 e. The van der Waals surface area contributed by atoms with E-state index in [1.165, 1.54) is 12.4 Å². The van der Waals surface area contributed by atoms with Crippen LogP contribution in [-0.2, 0) is 11.8 Å². The van der Waals surface area contributed by atoms with Gasteiger partial charge in [-0.2, -0.15) is 5.10 Å². The maximum Gasteiger partial charge on any atom is 0.336 e. The number of ether oxygens (including phenoxy) is 1. The van der Waals surface area contributed by atoms with Crippen molar-refractivity contribution >= 4 is 49.7 Å². The number of halogens is 1. The maximum atomic E-state index is 12.3. The summed E-state index contributed by atoms with van der Waals surface area (Å²) in [6, 6.07) is 7.99. The van der Waals surface area contributed by atoms with Crippen LogP contribution in [0, 0.1) is 0 Å². The summed E-state index contributed by atoms with van der Waals surface area (Å²) in [6.45, 7) is -0.244. The van der Waals surface area contributed by atoms with Crippen LogP contribution < -0.4 is 15.7 Å². The van der Waals surface area contributed by atoms with Crippen LogP contribution in [0.5, 0.6) is 5.75 Å². The van der Waals surface area contributed by atoms with E-state index in [-0.39, 0.29) is 6.61 Å². The molecule has 3 aromatic heterocycles. The highest BCUT2D eigenvalue weighted by atomic mass is 79.9. The van der Waals surface area contributed by atoms with Gasteiger partial charge in [-0.25, -0.2) is 19.4 Å². The zero-order valence-corrected chi connectivity index (χ0v) is 15.6. The smallest absolute Gasteiger partial charge is 0.336 e. The van der Waals surface area contributed by atoms with E-state index in [2.05, 4.69) is 36.3 Å². The lowest BCUT2D eigenvalue weighted by atomic mass is 10.2. The Hall–Kier alpha value is -3.27. The summed E-state index contributed by atoms with van der Waals surface area (Å²) in [5.74, 6) is 0.334. The summed E-state index contributed by atoms with van der Waals surface area (Å²) in [4.78, 5) is 31.8. The van der Waals surface area contributed by atoms with Gasteiger partial charge in [-0.1, -0.05) is 0 Å². The van der Waals surface area contributed by atoms with Crippen molar-refractivity contribution in [2.24, 2.45) is 7.05 Å². The lowest BCUT2D eigenvalue weighted by molar-refractivity contribution is -0.118. The van der Waals surface area contributed by atoms with Gasteiger partial charge in [0.2, 0.25) is 0 Å². The van der Waals surface area contributed by atoms with Gasteiger partial charge in [0.05, 0.1) is 5.39 Å². The van der Waals surface area contributed by atoms with E-state index < -0.39 is 11.5 Å². The van der Waals surface area contributed by atoms with Gasteiger partial charge >= 0.3 is 5.63 Å². The molecular formula is C17H12BrN5O4. The van der Waals surface area contributed by atoms with Crippen molar-refractivity contribution < 1.29 is 13.9 Å². The average Bonchev–Trinajstić information content (AvgIpc) is 2.94. The fourth-order valence-corrected chi connectivity index (χ4v) is 3.19. The number of anilines is 1. The summed E-state index contributed by atoms with van der Waals surface area (Å²) in [5, 5.41) is 8.24. The van der Waals surface area contributed by atoms with Crippen molar-refractivity contribution in [2.45, 2.75) is 0 Å². The minimum atomic E-state index is -0.452. The highest BCUT2D eigenvalue weighted by Gasteiger charge is 2.15. The van der Waals surface area contributed by atoms with Crippen molar-refractivity contribution in [1.82, 2.24) is 19.7 Å². The van der Waals surface area contributed by atoms with Gasteiger partial charge < -0.3 is 14.5 Å². The molecule has 10 heteroatoms. The number of nitrogens with zero attached hydrogens (tertiary/aromatic N) is 4. The van der Waals surface area contributed by atoms with Crippen LogP contribution in [0.25, 0.3) is 22.0 Å². The molecule has 0 saturated carbocycles. The number of aryl methyl sites for hydroxylation is 1. The van der Waals surface area contributed by atoms with Crippen LogP contribution in [0.2, 0.25) is 0 Å². The third-order valence-corrected chi connectivity index (χ3v) is 4.36. The second-order valence-corrected chi connectivity index (χ2v) is 6.38. The Morgan fingerprint density at radius 2 is 2.11 bits per heavy atom. The molecule has 136 valence electrons. The summed E-state index contributed by atoms with van der Waals surface area (Å²) < 4.78 is 12.7. The number of carbonyl (C=O) groups excluding carboxylic acids is 1. The summed E-state index contributed by atoms with van der Waals surface area (Å²) in [5.41, 5.74) is 0.516. The third-order valence-electron chi connectivity index (χ3n) is 3.80. The average molecular weight is 430 g/mol. The zero-order chi connectivity index (χ0) is 19.0. The standard InChI is InChI=1S/C17H12BrN5O4/c1-23-17-14(15(18)22-23)16(19-8-20-17)21-12(24)7-26-10-4-2-9-3-5-13(25)27-11(9)6-10/h2-6,8H,7H2,1H3,(H,19,20,21,24). The van der Waals surface area contributed by atoms with E-state index in [9.17, 15) is 9.59 Å². The molecule has 9 nitrogen and oxygen atoms in total. The van der Waals surface area contributed by atoms with Gasteiger partial charge in [-0.15, -0.1) is 0 Å². The van der Waals surface area contributed by atoms with Crippen LogP contribution in [0.3, 0.4) is 0 Å². The van der Waals surface area contributed by atoms with Gasteiger partial charge in [0.15, 0.2) is 12.3 Å². The molecule has 1 aromatic carbocycles. The number of rotatable bonds is 4. The summed E-state index contributed by atoms with van der Waals surface area (Å²) >= 11 is 3.33. The second kappa shape index (κ2) is 6.80. The lowest BCUT2D eigenvalue weighted by Crippen LogP contribution is -2.21. The van der Waals surface area contributed by atoms with E-state index in [1.807, 2.05) is 0 Å². The molecule has 3 heterocycles. The Morgan fingerprint density at radius 3 is 2.96 bits per heavy atom. The van der Waals surface area contributed by atoms with E-state index in [1.54, 1.807) is 36.0 Å².